The first kappa shape index (κ1) is 8.53. The Bertz CT molecular complexity index is 544. The Morgan fingerprint density at radius 2 is 1.94 bits per heavy atom. The Morgan fingerprint density at radius 1 is 1.06 bits per heavy atom. The molecule has 4 rings (SSSR count). The van der Waals surface area contributed by atoms with Crippen molar-refractivity contribution < 1.29 is 0 Å². The fraction of sp³-hybridized carbons (Fsp3) is 0.308. The number of H-pyrrole nitrogens is 1. The van der Waals surface area contributed by atoms with E-state index in [2.05, 4.69) is 39.8 Å². The summed E-state index contributed by atoms with van der Waals surface area (Å²) in [6.07, 6.45) is 4.08. The first-order valence-corrected chi connectivity index (χ1v) is 5.78. The van der Waals surface area contributed by atoms with Gasteiger partial charge in [0.15, 0.2) is 0 Å². The van der Waals surface area contributed by atoms with E-state index in [1.165, 1.54) is 22.4 Å². The van der Waals surface area contributed by atoms with Crippen LogP contribution in [0.15, 0.2) is 30.5 Å². The molecule has 3 heterocycles. The molecule has 2 atom stereocenters. The van der Waals surface area contributed by atoms with Crippen molar-refractivity contribution in [1.29, 1.82) is 0 Å². The summed E-state index contributed by atoms with van der Waals surface area (Å²) in [6.45, 7) is 0. The van der Waals surface area contributed by atoms with E-state index in [0.29, 0.717) is 12.1 Å². The molecule has 80 valence electrons. The number of fused-ring (bicyclic) bond motifs is 6. The van der Waals surface area contributed by atoms with Crippen molar-refractivity contribution >= 4 is 0 Å². The second kappa shape index (κ2) is 2.95. The van der Waals surface area contributed by atoms with E-state index in [1.54, 1.807) is 0 Å². The Labute approximate surface area is 93.9 Å². The maximum Gasteiger partial charge on any atom is 0.0538 e. The quantitative estimate of drug-likeness (QED) is 0.698. The Balaban J connectivity index is 1.87. The normalized spacial score (nSPS) is 26.0. The smallest absolute Gasteiger partial charge is 0.0538 e. The van der Waals surface area contributed by atoms with Gasteiger partial charge in [0, 0.05) is 29.8 Å². The highest BCUT2D eigenvalue weighted by molar-refractivity contribution is 5.40. The number of aromatic nitrogens is 2. The molecule has 1 aromatic heterocycles. The molecule has 2 aliphatic heterocycles. The van der Waals surface area contributed by atoms with Crippen LogP contribution in [0.5, 0.6) is 0 Å². The zero-order chi connectivity index (χ0) is 10.5. The standard InChI is InChI=1S/C13H13N3/c1-2-4-9-8(3-1)5-11-10-7-14-16-13(10)6-12(9)15-11/h1-4,7,11-12,15H,5-6H2,(H,14,16). The number of hydrogen-bond donors (Lipinski definition) is 2. The van der Waals surface area contributed by atoms with Gasteiger partial charge in [-0.3, -0.25) is 5.10 Å². The largest absolute Gasteiger partial charge is 0.302 e. The van der Waals surface area contributed by atoms with Crippen molar-refractivity contribution in [3.8, 4) is 0 Å². The third-order valence-electron chi connectivity index (χ3n) is 3.79. The van der Waals surface area contributed by atoms with Gasteiger partial charge in [0.25, 0.3) is 0 Å². The van der Waals surface area contributed by atoms with Crippen LogP contribution in [0.4, 0.5) is 0 Å². The average molecular weight is 211 g/mol. The zero-order valence-corrected chi connectivity index (χ0v) is 8.90. The van der Waals surface area contributed by atoms with Gasteiger partial charge in [-0.1, -0.05) is 24.3 Å². The van der Waals surface area contributed by atoms with Crippen LogP contribution >= 0.6 is 0 Å². The summed E-state index contributed by atoms with van der Waals surface area (Å²) in [4.78, 5) is 0. The highest BCUT2D eigenvalue weighted by atomic mass is 15.1. The SMILES string of the molecule is c1ccc2c(c1)CC1NC2Cc2[nH]ncc21. The Hall–Kier alpha value is -1.61. The van der Waals surface area contributed by atoms with Gasteiger partial charge >= 0.3 is 0 Å². The summed E-state index contributed by atoms with van der Waals surface area (Å²) < 4.78 is 0. The molecule has 0 amide bonds. The average Bonchev–Trinajstić information content (AvgIpc) is 2.78. The summed E-state index contributed by atoms with van der Waals surface area (Å²) in [7, 11) is 0. The van der Waals surface area contributed by atoms with Crippen LogP contribution < -0.4 is 5.32 Å². The molecule has 0 aliphatic carbocycles. The van der Waals surface area contributed by atoms with Crippen LogP contribution in [0.25, 0.3) is 0 Å². The lowest BCUT2D eigenvalue weighted by Crippen LogP contribution is -2.38. The van der Waals surface area contributed by atoms with Crippen LogP contribution in [0.2, 0.25) is 0 Å². The van der Waals surface area contributed by atoms with E-state index < -0.39 is 0 Å². The number of aromatic amines is 1. The third kappa shape index (κ3) is 1.04. The number of nitrogens with zero attached hydrogens (tertiary/aromatic N) is 1. The molecule has 16 heavy (non-hydrogen) atoms. The van der Waals surface area contributed by atoms with Gasteiger partial charge in [0.1, 0.15) is 0 Å². The van der Waals surface area contributed by atoms with Crippen LogP contribution in [-0.2, 0) is 12.8 Å². The van der Waals surface area contributed by atoms with Crippen molar-refractivity contribution in [1.82, 2.24) is 15.5 Å². The van der Waals surface area contributed by atoms with Gasteiger partial charge in [-0.15, -0.1) is 0 Å². The lowest BCUT2D eigenvalue weighted by atomic mass is 9.81. The minimum atomic E-state index is 0.447. The molecule has 0 radical (unpaired) electrons. The van der Waals surface area contributed by atoms with Gasteiger partial charge in [-0.2, -0.15) is 5.10 Å². The van der Waals surface area contributed by atoms with E-state index >= 15 is 0 Å². The highest BCUT2D eigenvalue weighted by Crippen LogP contribution is 2.38. The topological polar surface area (TPSA) is 40.7 Å². The van der Waals surface area contributed by atoms with Crippen LogP contribution in [0.3, 0.4) is 0 Å². The minimum absolute atomic E-state index is 0.447. The van der Waals surface area contributed by atoms with Crippen LogP contribution in [-0.4, -0.2) is 10.2 Å². The lowest BCUT2D eigenvalue weighted by molar-refractivity contribution is 0.379. The maximum absolute atomic E-state index is 4.16. The predicted octanol–water partition coefficient (Wildman–Crippen LogP) is 1.89. The van der Waals surface area contributed by atoms with E-state index in [-0.39, 0.29) is 0 Å². The van der Waals surface area contributed by atoms with E-state index in [0.717, 1.165) is 12.8 Å². The van der Waals surface area contributed by atoms with Crippen molar-refractivity contribution in [3.63, 3.8) is 0 Å². The molecular weight excluding hydrogens is 198 g/mol. The molecule has 0 saturated carbocycles. The van der Waals surface area contributed by atoms with Crippen LogP contribution in [0, 0.1) is 0 Å². The molecule has 0 saturated heterocycles. The Morgan fingerprint density at radius 3 is 2.94 bits per heavy atom. The molecule has 0 spiro atoms. The number of benzene rings is 1. The number of nitrogens with one attached hydrogen (secondary N) is 2. The summed E-state index contributed by atoms with van der Waals surface area (Å²) >= 11 is 0. The molecule has 0 fully saturated rings. The lowest BCUT2D eigenvalue weighted by Gasteiger charge is -2.37. The summed E-state index contributed by atoms with van der Waals surface area (Å²) in [5, 5.41) is 11.0. The number of rotatable bonds is 0. The fourth-order valence-corrected chi connectivity index (χ4v) is 3.03. The minimum Gasteiger partial charge on any atom is -0.302 e. The van der Waals surface area contributed by atoms with Crippen molar-refractivity contribution in [2.24, 2.45) is 0 Å². The highest BCUT2D eigenvalue weighted by Gasteiger charge is 2.33. The summed E-state index contributed by atoms with van der Waals surface area (Å²) in [5.41, 5.74) is 5.61. The van der Waals surface area contributed by atoms with Crippen molar-refractivity contribution in [2.45, 2.75) is 24.9 Å². The van der Waals surface area contributed by atoms with E-state index in [4.69, 9.17) is 0 Å². The molecule has 2 aromatic rings. The molecule has 1 aromatic carbocycles. The molecule has 2 unspecified atom stereocenters. The van der Waals surface area contributed by atoms with E-state index in [9.17, 15) is 0 Å². The fourth-order valence-electron chi connectivity index (χ4n) is 3.03. The predicted molar refractivity (Wildman–Crippen MR) is 61.1 cm³/mol. The third-order valence-corrected chi connectivity index (χ3v) is 3.79. The molecule has 2 aliphatic rings. The second-order valence-corrected chi connectivity index (χ2v) is 4.68. The maximum atomic E-state index is 4.16. The van der Waals surface area contributed by atoms with E-state index in [1.807, 2.05) is 6.20 Å². The molecule has 3 nitrogen and oxygen atoms in total. The molecule has 2 bridgehead atoms. The molecule has 3 heteroatoms. The summed E-state index contributed by atoms with van der Waals surface area (Å²) in [5.74, 6) is 0. The van der Waals surface area contributed by atoms with Gasteiger partial charge in [0.2, 0.25) is 0 Å². The van der Waals surface area contributed by atoms with Gasteiger partial charge in [-0.05, 0) is 17.5 Å². The van der Waals surface area contributed by atoms with Gasteiger partial charge in [0.05, 0.1) is 6.20 Å². The number of hydrogen-bond acceptors (Lipinski definition) is 2. The monoisotopic (exact) mass is 211 g/mol. The molecule has 2 N–H and O–H groups in total. The van der Waals surface area contributed by atoms with Crippen LogP contribution in [0.1, 0.15) is 34.5 Å². The first-order chi connectivity index (χ1) is 7.92. The van der Waals surface area contributed by atoms with Crippen molar-refractivity contribution in [2.75, 3.05) is 0 Å². The molecular formula is C13H13N3. The first-order valence-electron chi connectivity index (χ1n) is 5.78. The second-order valence-electron chi connectivity index (χ2n) is 4.68. The Kier molecular flexibility index (Phi) is 1.57. The van der Waals surface area contributed by atoms with Gasteiger partial charge in [-0.25, -0.2) is 0 Å². The van der Waals surface area contributed by atoms with Gasteiger partial charge < -0.3 is 5.32 Å². The van der Waals surface area contributed by atoms with Crippen molar-refractivity contribution in [3.05, 3.63) is 52.8 Å². The zero-order valence-electron chi connectivity index (χ0n) is 8.90. The summed E-state index contributed by atoms with van der Waals surface area (Å²) in [6, 6.07) is 9.66.